The predicted octanol–water partition coefficient (Wildman–Crippen LogP) is 3.85. The molecule has 2 fully saturated rings. The van der Waals surface area contributed by atoms with Gasteiger partial charge in [0, 0.05) is 25.1 Å². The molecule has 0 spiro atoms. The van der Waals surface area contributed by atoms with Crippen molar-refractivity contribution in [2.24, 2.45) is 5.92 Å². The second kappa shape index (κ2) is 5.66. The predicted molar refractivity (Wildman–Crippen MR) is 78.7 cm³/mol. The van der Waals surface area contributed by atoms with Gasteiger partial charge in [-0.25, -0.2) is 9.97 Å². The van der Waals surface area contributed by atoms with Crippen molar-refractivity contribution in [1.29, 1.82) is 0 Å². The van der Waals surface area contributed by atoms with Gasteiger partial charge in [0.25, 0.3) is 0 Å². The first-order chi connectivity index (χ1) is 9.28. The topological polar surface area (TPSA) is 29.0 Å². The maximum atomic E-state index is 6.16. The molecule has 0 aromatic carbocycles. The SMILES string of the molecule is CCCc1nc(Cl)cc(N2CCC3CCCCC32)n1. The summed E-state index contributed by atoms with van der Waals surface area (Å²) in [6.07, 6.45) is 8.76. The van der Waals surface area contributed by atoms with Crippen molar-refractivity contribution in [2.75, 3.05) is 11.4 Å². The molecule has 1 aromatic rings. The molecule has 2 unspecified atom stereocenters. The van der Waals surface area contributed by atoms with Crippen LogP contribution in [-0.4, -0.2) is 22.6 Å². The summed E-state index contributed by atoms with van der Waals surface area (Å²) in [7, 11) is 0. The van der Waals surface area contributed by atoms with Crippen LogP contribution in [0, 0.1) is 5.92 Å². The quantitative estimate of drug-likeness (QED) is 0.787. The number of aryl methyl sites for hydroxylation is 1. The number of fused-ring (bicyclic) bond motifs is 1. The van der Waals surface area contributed by atoms with E-state index in [4.69, 9.17) is 16.6 Å². The number of nitrogens with zero attached hydrogens (tertiary/aromatic N) is 3. The highest BCUT2D eigenvalue weighted by atomic mass is 35.5. The van der Waals surface area contributed by atoms with Gasteiger partial charge in [-0.1, -0.05) is 31.4 Å². The van der Waals surface area contributed by atoms with Crippen molar-refractivity contribution >= 4 is 17.4 Å². The molecule has 0 radical (unpaired) electrons. The van der Waals surface area contributed by atoms with Gasteiger partial charge in [-0.15, -0.1) is 0 Å². The van der Waals surface area contributed by atoms with E-state index in [9.17, 15) is 0 Å². The summed E-state index contributed by atoms with van der Waals surface area (Å²) >= 11 is 6.16. The number of aromatic nitrogens is 2. The van der Waals surface area contributed by atoms with Crippen molar-refractivity contribution in [2.45, 2.75) is 57.9 Å². The molecule has 104 valence electrons. The average molecular weight is 280 g/mol. The van der Waals surface area contributed by atoms with Gasteiger partial charge in [0.1, 0.15) is 16.8 Å². The molecule has 2 atom stereocenters. The molecule has 1 aliphatic carbocycles. The van der Waals surface area contributed by atoms with E-state index in [1.807, 2.05) is 6.07 Å². The lowest BCUT2D eigenvalue weighted by Gasteiger charge is -2.32. The number of halogens is 1. The zero-order valence-corrected chi connectivity index (χ0v) is 12.4. The lowest BCUT2D eigenvalue weighted by molar-refractivity contribution is 0.341. The van der Waals surface area contributed by atoms with Gasteiger partial charge in [-0.05, 0) is 31.6 Å². The molecule has 0 N–H and O–H groups in total. The van der Waals surface area contributed by atoms with Crippen LogP contribution in [0.3, 0.4) is 0 Å². The Morgan fingerprint density at radius 3 is 2.95 bits per heavy atom. The largest absolute Gasteiger partial charge is 0.353 e. The van der Waals surface area contributed by atoms with Gasteiger partial charge in [-0.3, -0.25) is 0 Å². The average Bonchev–Trinajstić information content (AvgIpc) is 2.82. The Morgan fingerprint density at radius 2 is 2.11 bits per heavy atom. The van der Waals surface area contributed by atoms with Gasteiger partial charge in [0.2, 0.25) is 0 Å². The van der Waals surface area contributed by atoms with Crippen molar-refractivity contribution in [3.63, 3.8) is 0 Å². The Kier molecular flexibility index (Phi) is 3.92. The van der Waals surface area contributed by atoms with Crippen molar-refractivity contribution in [3.8, 4) is 0 Å². The number of hydrogen-bond donors (Lipinski definition) is 0. The summed E-state index contributed by atoms with van der Waals surface area (Å²) < 4.78 is 0. The molecule has 3 nitrogen and oxygen atoms in total. The molecule has 2 aliphatic rings. The molecule has 1 aromatic heterocycles. The van der Waals surface area contributed by atoms with Gasteiger partial charge >= 0.3 is 0 Å². The van der Waals surface area contributed by atoms with E-state index >= 15 is 0 Å². The van der Waals surface area contributed by atoms with Crippen LogP contribution in [0.2, 0.25) is 5.15 Å². The third kappa shape index (κ3) is 2.71. The lowest BCUT2D eigenvalue weighted by Crippen LogP contribution is -2.35. The maximum absolute atomic E-state index is 6.16. The molecular formula is C15H22ClN3. The number of anilines is 1. The van der Waals surface area contributed by atoms with Crippen LogP contribution >= 0.6 is 11.6 Å². The third-order valence-corrected chi connectivity index (χ3v) is 4.70. The lowest BCUT2D eigenvalue weighted by atomic mass is 9.85. The van der Waals surface area contributed by atoms with Gasteiger partial charge < -0.3 is 4.90 Å². The number of rotatable bonds is 3. The van der Waals surface area contributed by atoms with E-state index in [0.29, 0.717) is 11.2 Å². The smallest absolute Gasteiger partial charge is 0.134 e. The first-order valence-electron chi connectivity index (χ1n) is 7.58. The minimum Gasteiger partial charge on any atom is -0.353 e. The Balaban J connectivity index is 1.85. The minimum atomic E-state index is 0.590. The number of hydrogen-bond acceptors (Lipinski definition) is 3. The molecule has 19 heavy (non-hydrogen) atoms. The van der Waals surface area contributed by atoms with Gasteiger partial charge in [0.15, 0.2) is 0 Å². The Hall–Kier alpha value is -0.830. The van der Waals surface area contributed by atoms with Crippen molar-refractivity contribution in [1.82, 2.24) is 9.97 Å². The van der Waals surface area contributed by atoms with Crippen LogP contribution < -0.4 is 4.90 Å². The highest BCUT2D eigenvalue weighted by Crippen LogP contribution is 2.38. The molecule has 0 bridgehead atoms. The Morgan fingerprint density at radius 1 is 1.26 bits per heavy atom. The summed E-state index contributed by atoms with van der Waals surface area (Å²) in [5.74, 6) is 2.82. The van der Waals surface area contributed by atoms with E-state index in [0.717, 1.165) is 36.9 Å². The van der Waals surface area contributed by atoms with Crippen LogP contribution in [-0.2, 0) is 6.42 Å². The first-order valence-corrected chi connectivity index (χ1v) is 7.96. The van der Waals surface area contributed by atoms with Gasteiger partial charge in [0.05, 0.1) is 0 Å². The van der Waals surface area contributed by atoms with Crippen molar-refractivity contribution < 1.29 is 0 Å². The second-order valence-electron chi connectivity index (χ2n) is 5.81. The van der Waals surface area contributed by atoms with Crippen LogP contribution in [0.25, 0.3) is 0 Å². The fourth-order valence-electron chi connectivity index (χ4n) is 3.62. The normalized spacial score (nSPS) is 26.5. The molecule has 4 heteroatoms. The summed E-state index contributed by atoms with van der Waals surface area (Å²) in [5, 5.41) is 0.590. The monoisotopic (exact) mass is 279 g/mol. The van der Waals surface area contributed by atoms with E-state index in [1.165, 1.54) is 32.1 Å². The molecule has 1 aliphatic heterocycles. The third-order valence-electron chi connectivity index (χ3n) is 4.51. The molecule has 2 heterocycles. The van der Waals surface area contributed by atoms with E-state index in [-0.39, 0.29) is 0 Å². The molecule has 1 saturated heterocycles. The Bertz CT molecular complexity index is 449. The van der Waals surface area contributed by atoms with Crippen LogP contribution in [0.1, 0.15) is 51.3 Å². The van der Waals surface area contributed by atoms with Crippen LogP contribution in [0.5, 0.6) is 0 Å². The fourth-order valence-corrected chi connectivity index (χ4v) is 3.82. The molecule has 3 rings (SSSR count). The summed E-state index contributed by atoms with van der Waals surface area (Å²) in [5.41, 5.74) is 0. The summed E-state index contributed by atoms with van der Waals surface area (Å²) in [6, 6.07) is 2.63. The van der Waals surface area contributed by atoms with E-state index in [2.05, 4.69) is 16.8 Å². The zero-order chi connectivity index (χ0) is 13.2. The maximum Gasteiger partial charge on any atom is 0.134 e. The Labute approximate surface area is 120 Å². The van der Waals surface area contributed by atoms with Crippen LogP contribution in [0.15, 0.2) is 6.07 Å². The molecule has 0 amide bonds. The summed E-state index contributed by atoms with van der Waals surface area (Å²) in [4.78, 5) is 11.5. The molecular weight excluding hydrogens is 258 g/mol. The standard InChI is InChI=1S/C15H22ClN3/c1-2-5-14-17-13(16)10-15(18-14)19-9-8-11-6-3-4-7-12(11)19/h10-12H,2-9H2,1H3. The second-order valence-corrected chi connectivity index (χ2v) is 6.20. The highest BCUT2D eigenvalue weighted by Gasteiger charge is 2.36. The fraction of sp³-hybridized carbons (Fsp3) is 0.733. The minimum absolute atomic E-state index is 0.590. The van der Waals surface area contributed by atoms with Crippen molar-refractivity contribution in [3.05, 3.63) is 17.0 Å². The van der Waals surface area contributed by atoms with E-state index < -0.39 is 0 Å². The molecule has 1 saturated carbocycles. The van der Waals surface area contributed by atoms with Gasteiger partial charge in [-0.2, -0.15) is 0 Å². The summed E-state index contributed by atoms with van der Waals surface area (Å²) in [6.45, 7) is 3.28. The highest BCUT2D eigenvalue weighted by molar-refractivity contribution is 6.29. The van der Waals surface area contributed by atoms with E-state index in [1.54, 1.807) is 0 Å². The zero-order valence-electron chi connectivity index (χ0n) is 11.6. The first kappa shape index (κ1) is 13.2. The van der Waals surface area contributed by atoms with Crippen LogP contribution in [0.4, 0.5) is 5.82 Å².